The van der Waals surface area contributed by atoms with E-state index in [0.29, 0.717) is 13.0 Å². The van der Waals surface area contributed by atoms with Gasteiger partial charge in [-0.1, -0.05) is 18.2 Å². The summed E-state index contributed by atoms with van der Waals surface area (Å²) in [6.45, 7) is 11.2. The molecule has 1 aromatic carbocycles. The summed E-state index contributed by atoms with van der Waals surface area (Å²) in [5.41, 5.74) is 0.475. The van der Waals surface area contributed by atoms with Crippen LogP contribution in [0.2, 0.25) is 0 Å². The van der Waals surface area contributed by atoms with Crippen molar-refractivity contribution in [3.63, 3.8) is 0 Å². The van der Waals surface area contributed by atoms with Gasteiger partial charge < -0.3 is 19.5 Å². The fraction of sp³-hybridized carbons (Fsp3) is 0.545. The molecule has 0 aliphatic heterocycles. The van der Waals surface area contributed by atoms with E-state index in [1.165, 1.54) is 4.57 Å². The van der Waals surface area contributed by atoms with Crippen molar-refractivity contribution in [2.45, 2.75) is 65.2 Å². The number of alkyl carbamates (subject to hydrolysis) is 1. The molecule has 0 bridgehead atoms. The van der Waals surface area contributed by atoms with Crippen molar-refractivity contribution in [1.29, 1.82) is 0 Å². The second-order valence-corrected chi connectivity index (χ2v) is 9.02. The third kappa shape index (κ3) is 6.78. The van der Waals surface area contributed by atoms with Crippen molar-refractivity contribution >= 4 is 23.1 Å². The number of nitrogens with one attached hydrogen (secondary N) is 1. The maximum Gasteiger partial charge on any atom is 0.419 e. The highest BCUT2D eigenvalue weighted by molar-refractivity contribution is 5.92. The number of nitrogens with zero attached hydrogens (tertiary/aromatic N) is 1. The van der Waals surface area contributed by atoms with Gasteiger partial charge in [-0.3, -0.25) is 4.57 Å². The Morgan fingerprint density at radius 1 is 1.03 bits per heavy atom. The average molecular weight is 405 g/mol. The molecule has 0 fully saturated rings. The summed E-state index contributed by atoms with van der Waals surface area (Å²) in [6.07, 6.45) is 1.29. The van der Waals surface area contributed by atoms with Gasteiger partial charge in [-0.25, -0.2) is 9.59 Å². The monoisotopic (exact) mass is 404 g/mol. The van der Waals surface area contributed by atoms with Crippen molar-refractivity contribution in [3.05, 3.63) is 36.0 Å². The number of aromatic nitrogens is 1. The predicted molar refractivity (Wildman–Crippen MR) is 112 cm³/mol. The van der Waals surface area contributed by atoms with E-state index in [1.807, 2.05) is 65.8 Å². The van der Waals surface area contributed by atoms with Gasteiger partial charge in [0.2, 0.25) is 0 Å². The van der Waals surface area contributed by atoms with E-state index in [2.05, 4.69) is 5.32 Å². The molecule has 0 spiro atoms. The minimum atomic E-state index is -0.598. The number of carbonyl (C=O) groups excluding carboxylic acids is 2. The molecular formula is C22H32N2O5. The van der Waals surface area contributed by atoms with Gasteiger partial charge in [-0.05, 0) is 59.6 Å². The quantitative estimate of drug-likeness (QED) is 0.793. The van der Waals surface area contributed by atoms with E-state index in [0.717, 1.165) is 16.5 Å². The summed E-state index contributed by atoms with van der Waals surface area (Å²) >= 11 is 0. The topological polar surface area (TPSA) is 78.8 Å². The summed E-state index contributed by atoms with van der Waals surface area (Å²) in [7, 11) is 1.58. The first-order valence-corrected chi connectivity index (χ1v) is 9.70. The maximum atomic E-state index is 12.7. The Bertz CT molecular complexity index is 858. The first-order chi connectivity index (χ1) is 13.4. The number of rotatable bonds is 5. The second kappa shape index (κ2) is 8.86. The standard InChI is InChI=1S/C22H32N2O5/c1-21(2,3)28-19(25)23-16(14-27-7)12-15-13-24(20(26)29-22(4,5)6)18-11-9-8-10-17(15)18/h8-11,13,16H,12,14H2,1-7H3,(H,23,25)/t16-/m1/s1. The molecule has 1 atom stereocenters. The largest absolute Gasteiger partial charge is 0.444 e. The Hall–Kier alpha value is -2.54. The van der Waals surface area contributed by atoms with Crippen LogP contribution in [-0.4, -0.2) is 47.7 Å². The number of amides is 1. The number of hydrogen-bond donors (Lipinski definition) is 1. The zero-order chi connectivity index (χ0) is 21.8. The Morgan fingerprint density at radius 3 is 2.24 bits per heavy atom. The minimum absolute atomic E-state index is 0.311. The lowest BCUT2D eigenvalue weighted by molar-refractivity contribution is 0.0466. The molecule has 0 saturated carbocycles. The molecule has 0 saturated heterocycles. The minimum Gasteiger partial charge on any atom is -0.444 e. The lowest BCUT2D eigenvalue weighted by atomic mass is 10.1. The lowest BCUT2D eigenvalue weighted by Crippen LogP contribution is -2.42. The van der Waals surface area contributed by atoms with Crippen LogP contribution < -0.4 is 5.32 Å². The van der Waals surface area contributed by atoms with E-state index in [1.54, 1.807) is 13.3 Å². The summed E-state index contributed by atoms with van der Waals surface area (Å²) < 4.78 is 17.7. The van der Waals surface area contributed by atoms with Gasteiger partial charge in [-0.2, -0.15) is 0 Å². The Morgan fingerprint density at radius 2 is 1.66 bits per heavy atom. The third-order valence-electron chi connectivity index (χ3n) is 3.94. The molecule has 0 aliphatic carbocycles. The first kappa shape index (κ1) is 22.7. The number of benzene rings is 1. The van der Waals surface area contributed by atoms with Crippen LogP contribution in [0, 0.1) is 0 Å². The molecule has 0 aliphatic rings. The van der Waals surface area contributed by atoms with Crippen molar-refractivity contribution in [2.24, 2.45) is 0 Å². The molecule has 7 heteroatoms. The van der Waals surface area contributed by atoms with Crippen LogP contribution in [-0.2, 0) is 20.6 Å². The van der Waals surface area contributed by atoms with Crippen LogP contribution in [0.4, 0.5) is 9.59 Å². The highest BCUT2D eigenvalue weighted by Crippen LogP contribution is 2.24. The highest BCUT2D eigenvalue weighted by Gasteiger charge is 2.24. The molecule has 160 valence electrons. The highest BCUT2D eigenvalue weighted by atomic mass is 16.6. The van der Waals surface area contributed by atoms with Crippen LogP contribution in [0.5, 0.6) is 0 Å². The van der Waals surface area contributed by atoms with E-state index in [-0.39, 0.29) is 6.04 Å². The molecule has 29 heavy (non-hydrogen) atoms. The van der Waals surface area contributed by atoms with Crippen LogP contribution in [0.3, 0.4) is 0 Å². The van der Waals surface area contributed by atoms with Gasteiger partial charge in [-0.15, -0.1) is 0 Å². The fourth-order valence-corrected chi connectivity index (χ4v) is 2.97. The summed E-state index contributed by atoms with van der Waals surface area (Å²) in [4.78, 5) is 24.9. The maximum absolute atomic E-state index is 12.7. The smallest absolute Gasteiger partial charge is 0.419 e. The van der Waals surface area contributed by atoms with Crippen LogP contribution in [0.25, 0.3) is 10.9 Å². The molecule has 1 amide bonds. The number of carbonyl (C=O) groups is 2. The lowest BCUT2D eigenvalue weighted by Gasteiger charge is -2.23. The van der Waals surface area contributed by atoms with Gasteiger partial charge in [0, 0.05) is 18.7 Å². The van der Waals surface area contributed by atoms with E-state index < -0.39 is 23.4 Å². The van der Waals surface area contributed by atoms with Gasteiger partial charge in [0.25, 0.3) is 0 Å². The van der Waals surface area contributed by atoms with Crippen LogP contribution in [0.1, 0.15) is 47.1 Å². The molecule has 1 aromatic heterocycles. The Balaban J connectivity index is 2.29. The Kier molecular flexibility index (Phi) is 6.95. The van der Waals surface area contributed by atoms with Crippen molar-refractivity contribution in [3.8, 4) is 0 Å². The third-order valence-corrected chi connectivity index (χ3v) is 3.94. The van der Waals surface area contributed by atoms with Gasteiger partial charge >= 0.3 is 12.2 Å². The van der Waals surface area contributed by atoms with Gasteiger partial charge in [0.05, 0.1) is 18.2 Å². The van der Waals surface area contributed by atoms with E-state index in [9.17, 15) is 9.59 Å². The molecule has 7 nitrogen and oxygen atoms in total. The Labute approximate surface area is 172 Å². The SMILES string of the molecule is COC[C@@H](Cc1cn(C(=O)OC(C)(C)C)c2ccccc12)NC(=O)OC(C)(C)C. The molecule has 2 aromatic rings. The van der Waals surface area contributed by atoms with Gasteiger partial charge in [0.1, 0.15) is 11.2 Å². The number of ether oxygens (including phenoxy) is 3. The second-order valence-electron chi connectivity index (χ2n) is 9.02. The number of para-hydroxylation sites is 1. The average Bonchev–Trinajstić information content (AvgIpc) is 2.91. The fourth-order valence-electron chi connectivity index (χ4n) is 2.97. The number of methoxy groups -OCH3 is 1. The zero-order valence-electron chi connectivity index (χ0n) is 18.4. The molecule has 1 heterocycles. The molecule has 0 unspecified atom stereocenters. The number of fused-ring (bicyclic) bond motifs is 1. The predicted octanol–water partition coefficient (Wildman–Crippen LogP) is 4.51. The van der Waals surface area contributed by atoms with Crippen molar-refractivity contribution in [2.75, 3.05) is 13.7 Å². The number of hydrogen-bond acceptors (Lipinski definition) is 5. The zero-order valence-corrected chi connectivity index (χ0v) is 18.4. The molecular weight excluding hydrogens is 372 g/mol. The van der Waals surface area contributed by atoms with Gasteiger partial charge in [0.15, 0.2) is 0 Å². The molecule has 1 N–H and O–H groups in total. The van der Waals surface area contributed by atoms with E-state index >= 15 is 0 Å². The van der Waals surface area contributed by atoms with Crippen molar-refractivity contribution < 1.29 is 23.8 Å². The molecule has 2 rings (SSSR count). The van der Waals surface area contributed by atoms with Crippen molar-refractivity contribution in [1.82, 2.24) is 9.88 Å². The van der Waals surface area contributed by atoms with E-state index in [4.69, 9.17) is 14.2 Å². The summed E-state index contributed by atoms with van der Waals surface area (Å²) in [5.74, 6) is 0. The normalized spacial score (nSPS) is 13.2. The van der Waals surface area contributed by atoms with Crippen LogP contribution in [0.15, 0.2) is 30.5 Å². The van der Waals surface area contributed by atoms with Crippen LogP contribution >= 0.6 is 0 Å². The summed E-state index contributed by atoms with van der Waals surface area (Å²) in [6, 6.07) is 7.29. The first-order valence-electron chi connectivity index (χ1n) is 9.70. The molecule has 0 radical (unpaired) electrons. The summed E-state index contributed by atoms with van der Waals surface area (Å²) in [5, 5.41) is 3.77.